The fraction of sp³-hybridized carbons (Fsp3) is 0.889. The summed E-state index contributed by atoms with van der Waals surface area (Å²) in [6, 6.07) is 0. The highest BCUT2D eigenvalue weighted by Crippen LogP contribution is 2.37. The molecule has 1 atom stereocenters. The van der Waals surface area contributed by atoms with E-state index in [0.29, 0.717) is 0 Å². The van der Waals surface area contributed by atoms with E-state index in [1.54, 1.807) is 0 Å². The van der Waals surface area contributed by atoms with E-state index in [9.17, 15) is 14.7 Å². The predicted octanol–water partition coefficient (Wildman–Crippen LogP) is 2.14. The first-order valence-corrected chi connectivity index (χ1v) is 9.35. The second kappa shape index (κ2) is 8.30. The van der Waals surface area contributed by atoms with Gasteiger partial charge >= 0.3 is 11.9 Å². The molecule has 2 heterocycles. The molecule has 2 rings (SSSR count). The summed E-state index contributed by atoms with van der Waals surface area (Å²) in [6.45, 7) is 8.79. The van der Waals surface area contributed by atoms with Crippen LogP contribution in [0.25, 0.3) is 0 Å². The summed E-state index contributed by atoms with van der Waals surface area (Å²) in [7, 11) is 0. The maximum Gasteiger partial charge on any atom is 0.306 e. The number of rotatable bonds is 7. The van der Waals surface area contributed by atoms with Crippen LogP contribution < -0.4 is 0 Å². The first-order chi connectivity index (χ1) is 11.4. The number of nitrogens with zero attached hydrogens (tertiary/aromatic N) is 2. The molecule has 2 aliphatic heterocycles. The van der Waals surface area contributed by atoms with Crippen molar-refractivity contribution in [3.8, 4) is 0 Å². The minimum atomic E-state index is -0.665. The van der Waals surface area contributed by atoms with E-state index in [0.717, 1.165) is 71.2 Å². The average molecular weight is 340 g/mol. The quantitative estimate of drug-likeness (QED) is 0.739. The molecule has 2 saturated heterocycles. The molecule has 2 aliphatic rings. The second-order valence-electron chi connectivity index (χ2n) is 7.40. The van der Waals surface area contributed by atoms with E-state index in [1.165, 1.54) is 0 Å². The minimum absolute atomic E-state index is 0.000688. The van der Waals surface area contributed by atoms with E-state index in [1.807, 2.05) is 0 Å². The molecule has 138 valence electrons. The van der Waals surface area contributed by atoms with Crippen LogP contribution in [0.3, 0.4) is 0 Å². The van der Waals surface area contributed by atoms with Crippen LogP contribution in [0.15, 0.2) is 0 Å². The van der Waals surface area contributed by atoms with Crippen molar-refractivity contribution in [2.75, 3.05) is 32.7 Å². The number of carbonyl (C=O) groups is 2. The van der Waals surface area contributed by atoms with Crippen LogP contribution in [-0.4, -0.2) is 70.2 Å². The van der Waals surface area contributed by atoms with Crippen molar-refractivity contribution >= 4 is 11.9 Å². The first kappa shape index (κ1) is 19.2. The van der Waals surface area contributed by atoms with Gasteiger partial charge in [0.05, 0.1) is 11.8 Å². The lowest BCUT2D eigenvalue weighted by Crippen LogP contribution is -2.56. The SMILES string of the molecule is CCC1(CC)CC(C(=O)O)CCN1CCN1CCC(C(=O)O)CC1. The van der Waals surface area contributed by atoms with Crippen molar-refractivity contribution in [3.63, 3.8) is 0 Å². The maximum absolute atomic E-state index is 11.4. The van der Waals surface area contributed by atoms with E-state index >= 15 is 0 Å². The Labute approximate surface area is 144 Å². The number of piperidine rings is 2. The molecule has 6 nitrogen and oxygen atoms in total. The molecule has 2 N–H and O–H groups in total. The van der Waals surface area contributed by atoms with Gasteiger partial charge in [0.1, 0.15) is 0 Å². The van der Waals surface area contributed by atoms with Crippen molar-refractivity contribution in [1.82, 2.24) is 9.80 Å². The second-order valence-corrected chi connectivity index (χ2v) is 7.40. The third-order valence-electron chi connectivity index (χ3n) is 6.33. The van der Waals surface area contributed by atoms with Gasteiger partial charge in [-0.05, 0) is 58.2 Å². The normalized spacial score (nSPS) is 26.3. The molecule has 6 heteroatoms. The zero-order valence-electron chi connectivity index (χ0n) is 15.0. The summed E-state index contributed by atoms with van der Waals surface area (Å²) in [5, 5.41) is 18.5. The number of likely N-dealkylation sites (tertiary alicyclic amines) is 2. The molecule has 0 spiro atoms. The van der Waals surface area contributed by atoms with E-state index in [2.05, 4.69) is 23.6 Å². The fourth-order valence-electron chi connectivity index (χ4n) is 4.45. The topological polar surface area (TPSA) is 81.1 Å². The zero-order chi connectivity index (χ0) is 17.7. The molecule has 0 aromatic heterocycles. The Kier molecular flexibility index (Phi) is 6.63. The predicted molar refractivity (Wildman–Crippen MR) is 92.0 cm³/mol. The zero-order valence-corrected chi connectivity index (χ0v) is 15.0. The largest absolute Gasteiger partial charge is 0.481 e. The average Bonchev–Trinajstić information content (AvgIpc) is 2.60. The Bertz CT molecular complexity index is 442. The van der Waals surface area contributed by atoms with Gasteiger partial charge in [-0.2, -0.15) is 0 Å². The molecular formula is C18H32N2O4. The van der Waals surface area contributed by atoms with Crippen molar-refractivity contribution < 1.29 is 19.8 Å². The molecule has 0 amide bonds. The molecule has 0 aromatic carbocycles. The van der Waals surface area contributed by atoms with Crippen LogP contribution in [0.1, 0.15) is 52.4 Å². The standard InChI is InChI=1S/C18H32N2O4/c1-3-18(4-2)13-15(17(23)24)7-10-20(18)12-11-19-8-5-14(6-9-19)16(21)22/h14-15H,3-13H2,1-2H3,(H,21,22)(H,23,24). The van der Waals surface area contributed by atoms with Gasteiger partial charge in [-0.25, -0.2) is 0 Å². The van der Waals surface area contributed by atoms with Crippen molar-refractivity contribution in [2.24, 2.45) is 11.8 Å². The first-order valence-electron chi connectivity index (χ1n) is 9.35. The highest BCUT2D eigenvalue weighted by atomic mass is 16.4. The number of carboxylic acid groups (broad SMARTS) is 2. The molecule has 1 unspecified atom stereocenters. The van der Waals surface area contributed by atoms with Gasteiger partial charge in [0.25, 0.3) is 0 Å². The van der Waals surface area contributed by atoms with Gasteiger partial charge in [0.2, 0.25) is 0 Å². The summed E-state index contributed by atoms with van der Waals surface area (Å²) in [5.41, 5.74) is 0.000688. The van der Waals surface area contributed by atoms with Gasteiger partial charge in [0, 0.05) is 18.6 Å². The Morgan fingerprint density at radius 1 is 0.917 bits per heavy atom. The number of hydrogen-bond acceptors (Lipinski definition) is 4. The minimum Gasteiger partial charge on any atom is -0.481 e. The van der Waals surface area contributed by atoms with Crippen LogP contribution in [-0.2, 0) is 9.59 Å². The molecule has 24 heavy (non-hydrogen) atoms. The van der Waals surface area contributed by atoms with Crippen molar-refractivity contribution in [2.45, 2.75) is 57.9 Å². The highest BCUT2D eigenvalue weighted by Gasteiger charge is 2.41. The number of carboxylic acids is 2. The molecule has 2 fully saturated rings. The molecule has 0 aliphatic carbocycles. The molecule has 0 bridgehead atoms. The van der Waals surface area contributed by atoms with Crippen LogP contribution in [0.4, 0.5) is 0 Å². The lowest BCUT2D eigenvalue weighted by molar-refractivity contribution is -0.146. The van der Waals surface area contributed by atoms with Crippen LogP contribution in [0.2, 0.25) is 0 Å². The van der Waals surface area contributed by atoms with E-state index in [4.69, 9.17) is 5.11 Å². The van der Waals surface area contributed by atoms with Gasteiger partial charge in [-0.15, -0.1) is 0 Å². The molecule has 0 aromatic rings. The maximum atomic E-state index is 11.4. The van der Waals surface area contributed by atoms with E-state index in [-0.39, 0.29) is 17.4 Å². The van der Waals surface area contributed by atoms with E-state index < -0.39 is 11.9 Å². The van der Waals surface area contributed by atoms with Crippen LogP contribution in [0.5, 0.6) is 0 Å². The summed E-state index contributed by atoms with van der Waals surface area (Å²) >= 11 is 0. The third-order valence-corrected chi connectivity index (χ3v) is 6.33. The van der Waals surface area contributed by atoms with Gasteiger partial charge in [-0.3, -0.25) is 14.5 Å². The Morgan fingerprint density at radius 2 is 1.46 bits per heavy atom. The fourth-order valence-corrected chi connectivity index (χ4v) is 4.45. The van der Waals surface area contributed by atoms with Crippen LogP contribution >= 0.6 is 0 Å². The molecular weight excluding hydrogens is 308 g/mol. The van der Waals surface area contributed by atoms with Crippen molar-refractivity contribution in [1.29, 1.82) is 0 Å². The summed E-state index contributed by atoms with van der Waals surface area (Å²) < 4.78 is 0. The van der Waals surface area contributed by atoms with Gasteiger partial charge in [0.15, 0.2) is 0 Å². The summed E-state index contributed by atoms with van der Waals surface area (Å²) in [4.78, 5) is 27.3. The van der Waals surface area contributed by atoms with Gasteiger partial charge < -0.3 is 15.1 Å². The molecule has 0 saturated carbocycles. The molecule has 0 radical (unpaired) electrons. The lowest BCUT2D eigenvalue weighted by Gasteiger charge is -2.49. The summed E-state index contributed by atoms with van der Waals surface area (Å²) in [6.07, 6.45) is 4.92. The Morgan fingerprint density at radius 3 is 1.96 bits per heavy atom. The number of aliphatic carboxylic acids is 2. The third kappa shape index (κ3) is 4.28. The Balaban J connectivity index is 1.89. The van der Waals surface area contributed by atoms with Crippen LogP contribution in [0, 0.1) is 11.8 Å². The monoisotopic (exact) mass is 340 g/mol. The van der Waals surface area contributed by atoms with Gasteiger partial charge in [-0.1, -0.05) is 13.8 Å². The lowest BCUT2D eigenvalue weighted by atomic mass is 9.76. The van der Waals surface area contributed by atoms with Crippen molar-refractivity contribution in [3.05, 3.63) is 0 Å². The number of hydrogen-bond donors (Lipinski definition) is 2. The smallest absolute Gasteiger partial charge is 0.306 e. The Hall–Kier alpha value is -1.14. The summed E-state index contributed by atoms with van der Waals surface area (Å²) in [5.74, 6) is -1.72. The highest BCUT2D eigenvalue weighted by molar-refractivity contribution is 5.70.